The lowest BCUT2D eigenvalue weighted by Crippen LogP contribution is -2.25. The van der Waals surface area contributed by atoms with Crippen LogP contribution in [0.5, 0.6) is 0 Å². The van der Waals surface area contributed by atoms with Crippen LogP contribution < -0.4 is 0 Å². The van der Waals surface area contributed by atoms with Crippen molar-refractivity contribution in [1.29, 1.82) is 0 Å². The SMILES string of the molecule is CCC(=O)C1CC(=O)N(Cc2ccccc2)C1. The van der Waals surface area contributed by atoms with Crippen molar-refractivity contribution in [3.8, 4) is 0 Å². The van der Waals surface area contributed by atoms with Crippen molar-refractivity contribution in [3.05, 3.63) is 35.9 Å². The number of amides is 1. The molecular weight excluding hydrogens is 214 g/mol. The van der Waals surface area contributed by atoms with Gasteiger partial charge >= 0.3 is 0 Å². The van der Waals surface area contributed by atoms with E-state index < -0.39 is 0 Å². The highest BCUT2D eigenvalue weighted by molar-refractivity contribution is 5.90. The molecule has 1 unspecified atom stereocenters. The number of ketones is 1. The zero-order valence-electron chi connectivity index (χ0n) is 10.1. The maximum atomic E-state index is 11.8. The maximum absolute atomic E-state index is 11.8. The van der Waals surface area contributed by atoms with Crippen LogP contribution in [-0.2, 0) is 16.1 Å². The summed E-state index contributed by atoms with van der Waals surface area (Å²) >= 11 is 0. The number of hydrogen-bond donors (Lipinski definition) is 0. The van der Waals surface area contributed by atoms with E-state index in [9.17, 15) is 9.59 Å². The highest BCUT2D eigenvalue weighted by Gasteiger charge is 2.32. The van der Waals surface area contributed by atoms with Crippen LogP contribution >= 0.6 is 0 Å². The summed E-state index contributed by atoms with van der Waals surface area (Å²) in [5.74, 6) is 0.214. The van der Waals surface area contributed by atoms with Gasteiger partial charge in [0, 0.05) is 31.8 Å². The number of Topliss-reactive ketones (excluding diaryl/α,β-unsaturated/α-hetero) is 1. The van der Waals surface area contributed by atoms with Gasteiger partial charge in [0.15, 0.2) is 0 Å². The van der Waals surface area contributed by atoms with Crippen LogP contribution in [0.4, 0.5) is 0 Å². The molecule has 17 heavy (non-hydrogen) atoms. The van der Waals surface area contributed by atoms with Crippen LogP contribution in [-0.4, -0.2) is 23.1 Å². The summed E-state index contributed by atoms with van der Waals surface area (Å²) in [7, 11) is 0. The normalized spacial score (nSPS) is 19.7. The van der Waals surface area contributed by atoms with Crippen LogP contribution in [0.25, 0.3) is 0 Å². The maximum Gasteiger partial charge on any atom is 0.223 e. The van der Waals surface area contributed by atoms with Crippen molar-refractivity contribution in [2.45, 2.75) is 26.3 Å². The number of carbonyl (C=O) groups is 2. The molecular formula is C14H17NO2. The molecule has 0 aliphatic carbocycles. The third-order valence-corrected chi connectivity index (χ3v) is 3.23. The molecule has 1 heterocycles. The summed E-state index contributed by atoms with van der Waals surface area (Å²) in [5.41, 5.74) is 1.12. The lowest BCUT2D eigenvalue weighted by molar-refractivity contribution is -0.128. The van der Waals surface area contributed by atoms with Crippen molar-refractivity contribution in [3.63, 3.8) is 0 Å². The molecule has 3 nitrogen and oxygen atoms in total. The number of likely N-dealkylation sites (tertiary alicyclic amines) is 1. The van der Waals surface area contributed by atoms with E-state index in [1.165, 1.54) is 0 Å². The highest BCUT2D eigenvalue weighted by Crippen LogP contribution is 2.21. The Balaban J connectivity index is 1.99. The van der Waals surface area contributed by atoms with Gasteiger partial charge in [-0.05, 0) is 5.56 Å². The number of nitrogens with zero attached hydrogens (tertiary/aromatic N) is 1. The molecule has 1 saturated heterocycles. The fourth-order valence-corrected chi connectivity index (χ4v) is 2.23. The Morgan fingerprint density at radius 3 is 2.71 bits per heavy atom. The molecule has 0 N–H and O–H groups in total. The average Bonchev–Trinajstić information content (AvgIpc) is 2.71. The molecule has 2 rings (SSSR count). The largest absolute Gasteiger partial charge is 0.338 e. The second-order valence-corrected chi connectivity index (χ2v) is 4.48. The van der Waals surface area contributed by atoms with E-state index in [4.69, 9.17) is 0 Å². The monoisotopic (exact) mass is 231 g/mol. The Hall–Kier alpha value is -1.64. The van der Waals surface area contributed by atoms with E-state index >= 15 is 0 Å². The van der Waals surface area contributed by atoms with Crippen LogP contribution in [0.2, 0.25) is 0 Å². The standard InChI is InChI=1S/C14H17NO2/c1-2-13(16)12-8-14(17)15(10-12)9-11-6-4-3-5-7-11/h3-7,12H,2,8-10H2,1H3. The fraction of sp³-hybridized carbons (Fsp3) is 0.429. The zero-order chi connectivity index (χ0) is 12.3. The van der Waals surface area contributed by atoms with Gasteiger partial charge in [0.05, 0.1) is 0 Å². The quantitative estimate of drug-likeness (QED) is 0.795. The lowest BCUT2D eigenvalue weighted by atomic mass is 10.0. The molecule has 1 aromatic rings. The third kappa shape index (κ3) is 2.73. The first-order chi connectivity index (χ1) is 8.20. The van der Waals surface area contributed by atoms with E-state index in [-0.39, 0.29) is 17.6 Å². The van der Waals surface area contributed by atoms with Gasteiger partial charge in [0.25, 0.3) is 0 Å². The summed E-state index contributed by atoms with van der Waals surface area (Å²) < 4.78 is 0. The first kappa shape index (κ1) is 11.8. The van der Waals surface area contributed by atoms with Gasteiger partial charge < -0.3 is 4.90 Å². The Kier molecular flexibility index (Phi) is 3.57. The molecule has 1 amide bonds. The lowest BCUT2D eigenvalue weighted by Gasteiger charge is -2.16. The first-order valence-electron chi connectivity index (χ1n) is 6.05. The van der Waals surface area contributed by atoms with Gasteiger partial charge in [0.2, 0.25) is 5.91 Å². The second kappa shape index (κ2) is 5.13. The summed E-state index contributed by atoms with van der Waals surface area (Å²) in [6.45, 7) is 3.06. The minimum absolute atomic E-state index is 0.0868. The molecule has 0 saturated carbocycles. The molecule has 1 aliphatic rings. The molecule has 0 spiro atoms. The Labute approximate surface area is 101 Å². The van der Waals surface area contributed by atoms with Crippen molar-refractivity contribution < 1.29 is 9.59 Å². The predicted octanol–water partition coefficient (Wildman–Crippen LogP) is 2.01. The molecule has 1 aliphatic heterocycles. The minimum atomic E-state index is -0.0868. The van der Waals surface area contributed by atoms with E-state index in [2.05, 4.69) is 0 Å². The van der Waals surface area contributed by atoms with Crippen molar-refractivity contribution >= 4 is 11.7 Å². The van der Waals surface area contributed by atoms with Gasteiger partial charge in [-0.15, -0.1) is 0 Å². The number of carbonyl (C=O) groups excluding carboxylic acids is 2. The molecule has 90 valence electrons. The summed E-state index contributed by atoms with van der Waals surface area (Å²) in [4.78, 5) is 25.1. The fourth-order valence-electron chi connectivity index (χ4n) is 2.23. The first-order valence-corrected chi connectivity index (χ1v) is 6.05. The van der Waals surface area contributed by atoms with Gasteiger partial charge in [-0.1, -0.05) is 37.3 Å². The summed E-state index contributed by atoms with van der Waals surface area (Å²) in [6, 6.07) is 9.89. The Morgan fingerprint density at radius 1 is 1.35 bits per heavy atom. The number of hydrogen-bond acceptors (Lipinski definition) is 2. The molecule has 3 heteroatoms. The van der Waals surface area contributed by atoms with Crippen molar-refractivity contribution in [2.75, 3.05) is 6.54 Å². The van der Waals surface area contributed by atoms with Gasteiger partial charge in [-0.25, -0.2) is 0 Å². The Morgan fingerprint density at radius 2 is 2.06 bits per heavy atom. The minimum Gasteiger partial charge on any atom is -0.338 e. The predicted molar refractivity (Wildman–Crippen MR) is 65.3 cm³/mol. The topological polar surface area (TPSA) is 37.4 Å². The van der Waals surface area contributed by atoms with Gasteiger partial charge in [-0.3, -0.25) is 9.59 Å². The average molecular weight is 231 g/mol. The van der Waals surface area contributed by atoms with Crippen molar-refractivity contribution in [1.82, 2.24) is 4.90 Å². The molecule has 0 bridgehead atoms. The zero-order valence-corrected chi connectivity index (χ0v) is 10.1. The Bertz CT molecular complexity index is 413. The van der Waals surface area contributed by atoms with Gasteiger partial charge in [0.1, 0.15) is 5.78 Å². The van der Waals surface area contributed by atoms with E-state index in [0.717, 1.165) is 5.56 Å². The van der Waals surface area contributed by atoms with Crippen LogP contribution in [0.15, 0.2) is 30.3 Å². The van der Waals surface area contributed by atoms with E-state index in [1.54, 1.807) is 4.90 Å². The van der Waals surface area contributed by atoms with Crippen LogP contribution in [0.1, 0.15) is 25.3 Å². The third-order valence-electron chi connectivity index (χ3n) is 3.23. The number of benzene rings is 1. The molecule has 1 fully saturated rings. The smallest absolute Gasteiger partial charge is 0.223 e. The molecule has 0 aromatic heterocycles. The molecule has 1 atom stereocenters. The van der Waals surface area contributed by atoms with E-state index in [0.29, 0.717) is 25.9 Å². The number of rotatable bonds is 4. The molecule has 0 radical (unpaired) electrons. The van der Waals surface area contributed by atoms with Crippen LogP contribution in [0.3, 0.4) is 0 Å². The van der Waals surface area contributed by atoms with Crippen molar-refractivity contribution in [2.24, 2.45) is 5.92 Å². The van der Waals surface area contributed by atoms with E-state index in [1.807, 2.05) is 37.3 Å². The van der Waals surface area contributed by atoms with Gasteiger partial charge in [-0.2, -0.15) is 0 Å². The summed E-state index contributed by atoms with van der Waals surface area (Å²) in [6.07, 6.45) is 0.913. The summed E-state index contributed by atoms with van der Waals surface area (Å²) in [5, 5.41) is 0. The van der Waals surface area contributed by atoms with Crippen LogP contribution in [0, 0.1) is 5.92 Å². The second-order valence-electron chi connectivity index (χ2n) is 4.48. The molecule has 1 aromatic carbocycles. The highest BCUT2D eigenvalue weighted by atomic mass is 16.2.